The molecule has 1 fully saturated rings. The molecule has 1 heterocycles. The van der Waals surface area contributed by atoms with Gasteiger partial charge in [-0.3, -0.25) is 4.79 Å². The van der Waals surface area contributed by atoms with Crippen molar-refractivity contribution < 1.29 is 23.1 Å². The minimum Gasteiger partial charge on any atom is -0.481 e. The fraction of sp³-hybridized carbons (Fsp3) is 0.500. The van der Waals surface area contributed by atoms with Crippen LogP contribution >= 0.6 is 0 Å². The molecule has 1 aromatic rings. The summed E-state index contributed by atoms with van der Waals surface area (Å²) in [5.74, 6) is 4.66. The SMILES string of the molecule is CC#CCOc1ccc(S(=O)(=O)C2(C(=O)O)CCCN(CC)C2)cc1. The molecule has 0 aliphatic carbocycles. The van der Waals surface area contributed by atoms with Crippen LogP contribution in [0.15, 0.2) is 29.2 Å². The molecule has 2 rings (SSSR count). The highest BCUT2D eigenvalue weighted by Crippen LogP contribution is 2.35. The molecule has 0 saturated carbocycles. The second-order valence-corrected chi connectivity index (χ2v) is 8.22. The number of rotatable bonds is 6. The lowest BCUT2D eigenvalue weighted by molar-refractivity contribution is -0.141. The predicted molar refractivity (Wildman–Crippen MR) is 94.3 cm³/mol. The number of piperidine rings is 1. The van der Waals surface area contributed by atoms with Gasteiger partial charge in [-0.1, -0.05) is 12.8 Å². The Bertz CT molecular complexity index is 776. The first kappa shape index (κ1) is 19.3. The zero-order chi connectivity index (χ0) is 18.5. The molecule has 136 valence electrons. The Kier molecular flexibility index (Phi) is 6.09. The molecule has 25 heavy (non-hydrogen) atoms. The molecule has 1 aliphatic heterocycles. The zero-order valence-corrected chi connectivity index (χ0v) is 15.3. The van der Waals surface area contributed by atoms with Crippen molar-refractivity contribution >= 4 is 15.8 Å². The van der Waals surface area contributed by atoms with Crippen LogP contribution in [0.25, 0.3) is 0 Å². The van der Waals surface area contributed by atoms with Gasteiger partial charge in [-0.25, -0.2) is 8.42 Å². The first-order valence-corrected chi connectivity index (χ1v) is 9.68. The number of carbonyl (C=O) groups is 1. The lowest BCUT2D eigenvalue weighted by atomic mass is 9.97. The predicted octanol–water partition coefficient (Wildman–Crippen LogP) is 1.80. The fourth-order valence-corrected chi connectivity index (χ4v) is 4.96. The number of aliphatic carboxylic acids is 1. The Hall–Kier alpha value is -2.04. The molecule has 1 aromatic carbocycles. The molecule has 0 spiro atoms. The van der Waals surface area contributed by atoms with E-state index < -0.39 is 20.6 Å². The van der Waals surface area contributed by atoms with Gasteiger partial charge in [0, 0.05) is 6.54 Å². The van der Waals surface area contributed by atoms with Crippen molar-refractivity contribution in [2.24, 2.45) is 0 Å². The van der Waals surface area contributed by atoms with Gasteiger partial charge in [0.05, 0.1) is 4.90 Å². The van der Waals surface area contributed by atoms with Crippen molar-refractivity contribution in [3.8, 4) is 17.6 Å². The number of likely N-dealkylation sites (tertiary alicyclic amines) is 1. The quantitative estimate of drug-likeness (QED) is 0.774. The summed E-state index contributed by atoms with van der Waals surface area (Å²) in [5, 5.41) is 9.75. The van der Waals surface area contributed by atoms with Crippen LogP contribution in [0.2, 0.25) is 0 Å². The summed E-state index contributed by atoms with van der Waals surface area (Å²) in [7, 11) is -4.03. The lowest BCUT2D eigenvalue weighted by Crippen LogP contribution is -2.57. The molecule has 6 nitrogen and oxygen atoms in total. The molecule has 1 saturated heterocycles. The summed E-state index contributed by atoms with van der Waals surface area (Å²) in [5.41, 5.74) is 0. The van der Waals surface area contributed by atoms with Crippen LogP contribution in [0.3, 0.4) is 0 Å². The minimum absolute atomic E-state index is 0.00165. The second-order valence-electron chi connectivity index (χ2n) is 5.96. The van der Waals surface area contributed by atoms with Crippen molar-refractivity contribution in [1.29, 1.82) is 0 Å². The van der Waals surface area contributed by atoms with Gasteiger partial charge in [-0.05, 0) is 57.1 Å². The van der Waals surface area contributed by atoms with E-state index in [0.29, 0.717) is 25.3 Å². The van der Waals surface area contributed by atoms with E-state index in [1.165, 1.54) is 24.3 Å². The second kappa shape index (κ2) is 7.89. The first-order valence-electron chi connectivity index (χ1n) is 8.20. The van der Waals surface area contributed by atoms with E-state index in [1.54, 1.807) is 6.92 Å². The molecule has 0 aromatic heterocycles. The molecule has 0 bridgehead atoms. The highest BCUT2D eigenvalue weighted by atomic mass is 32.2. The summed E-state index contributed by atoms with van der Waals surface area (Å²) in [6.07, 6.45) is 0.655. The van der Waals surface area contributed by atoms with E-state index in [1.807, 2.05) is 11.8 Å². The van der Waals surface area contributed by atoms with Crippen molar-refractivity contribution in [3.63, 3.8) is 0 Å². The number of carboxylic acid groups (broad SMARTS) is 1. The Morgan fingerprint density at radius 3 is 2.60 bits per heavy atom. The maximum Gasteiger partial charge on any atom is 0.326 e. The number of benzene rings is 1. The molecule has 1 unspecified atom stereocenters. The number of sulfone groups is 1. The molecule has 1 aliphatic rings. The molecule has 1 atom stereocenters. The van der Waals surface area contributed by atoms with Crippen LogP contribution in [0.5, 0.6) is 5.75 Å². The molecular weight excluding hydrogens is 342 g/mol. The third kappa shape index (κ3) is 3.80. The number of hydrogen-bond acceptors (Lipinski definition) is 5. The maximum atomic E-state index is 13.1. The maximum absolute atomic E-state index is 13.1. The number of carboxylic acids is 1. The largest absolute Gasteiger partial charge is 0.481 e. The highest BCUT2D eigenvalue weighted by Gasteiger charge is 2.53. The Balaban J connectivity index is 2.33. The van der Waals surface area contributed by atoms with E-state index in [2.05, 4.69) is 11.8 Å². The van der Waals surface area contributed by atoms with Gasteiger partial charge in [0.2, 0.25) is 0 Å². The van der Waals surface area contributed by atoms with E-state index in [-0.39, 0.29) is 24.5 Å². The summed E-state index contributed by atoms with van der Waals surface area (Å²) in [4.78, 5) is 13.8. The van der Waals surface area contributed by atoms with Gasteiger partial charge in [-0.2, -0.15) is 0 Å². The van der Waals surface area contributed by atoms with Crippen molar-refractivity contribution in [1.82, 2.24) is 4.90 Å². The third-order valence-corrected chi connectivity index (χ3v) is 6.94. The van der Waals surface area contributed by atoms with Crippen LogP contribution in [-0.2, 0) is 14.6 Å². The smallest absolute Gasteiger partial charge is 0.326 e. The van der Waals surface area contributed by atoms with Gasteiger partial charge < -0.3 is 14.7 Å². The van der Waals surface area contributed by atoms with Crippen LogP contribution < -0.4 is 4.74 Å². The third-order valence-electron chi connectivity index (χ3n) is 4.51. The minimum atomic E-state index is -4.03. The lowest BCUT2D eigenvalue weighted by Gasteiger charge is -2.38. The fourth-order valence-electron chi connectivity index (χ4n) is 3.02. The summed E-state index contributed by atoms with van der Waals surface area (Å²) < 4.78 is 29.8. The number of nitrogens with zero attached hydrogens (tertiary/aromatic N) is 1. The van der Waals surface area contributed by atoms with Gasteiger partial charge >= 0.3 is 5.97 Å². The van der Waals surface area contributed by atoms with Gasteiger partial charge in [0.25, 0.3) is 0 Å². The van der Waals surface area contributed by atoms with E-state index in [4.69, 9.17) is 4.74 Å². The Morgan fingerprint density at radius 1 is 1.36 bits per heavy atom. The number of hydrogen-bond donors (Lipinski definition) is 1. The van der Waals surface area contributed by atoms with Crippen LogP contribution in [0, 0.1) is 11.8 Å². The Morgan fingerprint density at radius 2 is 2.04 bits per heavy atom. The molecule has 7 heteroatoms. The highest BCUT2D eigenvalue weighted by molar-refractivity contribution is 7.93. The zero-order valence-electron chi connectivity index (χ0n) is 14.5. The summed E-state index contributed by atoms with van der Waals surface area (Å²) in [6, 6.07) is 5.86. The standard InChI is InChI=1S/C18H23NO5S/c1-3-5-13-24-15-7-9-16(10-8-15)25(22,23)18(17(20)21)11-6-12-19(4-2)14-18/h7-10H,4,6,11-14H2,1-2H3,(H,20,21). The average Bonchev–Trinajstić information content (AvgIpc) is 2.62. The van der Waals surface area contributed by atoms with Crippen LogP contribution in [-0.4, -0.2) is 55.4 Å². The monoisotopic (exact) mass is 365 g/mol. The average molecular weight is 365 g/mol. The van der Waals surface area contributed by atoms with Crippen LogP contribution in [0.4, 0.5) is 0 Å². The number of ether oxygens (including phenoxy) is 1. The van der Waals surface area contributed by atoms with Gasteiger partial charge in [0.15, 0.2) is 14.6 Å². The van der Waals surface area contributed by atoms with E-state index in [0.717, 1.165) is 0 Å². The van der Waals surface area contributed by atoms with Crippen molar-refractivity contribution in [3.05, 3.63) is 24.3 Å². The van der Waals surface area contributed by atoms with E-state index >= 15 is 0 Å². The molecule has 0 amide bonds. The van der Waals surface area contributed by atoms with E-state index in [9.17, 15) is 18.3 Å². The van der Waals surface area contributed by atoms with Gasteiger partial charge in [-0.15, -0.1) is 5.92 Å². The van der Waals surface area contributed by atoms with Crippen LogP contribution in [0.1, 0.15) is 26.7 Å². The molecular formula is C18H23NO5S. The topological polar surface area (TPSA) is 83.9 Å². The first-order chi connectivity index (χ1) is 11.9. The van der Waals surface area contributed by atoms with Crippen molar-refractivity contribution in [2.75, 3.05) is 26.2 Å². The summed E-state index contributed by atoms with van der Waals surface area (Å²) in [6.45, 7) is 5.16. The molecule has 1 N–H and O–H groups in total. The normalized spacial score (nSPS) is 21.2. The molecule has 0 radical (unpaired) electrons. The van der Waals surface area contributed by atoms with Crippen molar-refractivity contribution in [2.45, 2.75) is 36.3 Å². The van der Waals surface area contributed by atoms with Gasteiger partial charge in [0.1, 0.15) is 12.4 Å². The summed E-state index contributed by atoms with van der Waals surface area (Å²) >= 11 is 0. The Labute approximate surface area is 148 Å².